The van der Waals surface area contributed by atoms with E-state index in [1.54, 1.807) is 0 Å². The first-order valence-electron chi connectivity index (χ1n) is 6.20. The number of nitrogens with zero attached hydrogens (tertiary/aromatic N) is 1. The van der Waals surface area contributed by atoms with Crippen molar-refractivity contribution in [2.45, 2.75) is 38.9 Å². The van der Waals surface area contributed by atoms with E-state index in [1.807, 2.05) is 18.7 Å². The summed E-state index contributed by atoms with van der Waals surface area (Å²) in [7, 11) is 0. The number of Topliss-reactive ketones (excluding diaryl/α,β-unsaturated/α-hetero) is 1. The third-order valence-corrected chi connectivity index (χ3v) is 3.53. The van der Waals surface area contributed by atoms with Crippen LogP contribution < -0.4 is 4.90 Å². The van der Waals surface area contributed by atoms with Crippen molar-refractivity contribution in [2.75, 3.05) is 11.4 Å². The number of carbonyl (C=O) groups is 1. The van der Waals surface area contributed by atoms with Crippen LogP contribution in [0.2, 0.25) is 0 Å². The second kappa shape index (κ2) is 4.54. The van der Waals surface area contributed by atoms with Gasteiger partial charge in [0.05, 0.1) is 11.5 Å². The van der Waals surface area contributed by atoms with Gasteiger partial charge in [-0.1, -0.05) is 0 Å². The molecule has 0 saturated carbocycles. The van der Waals surface area contributed by atoms with E-state index in [1.165, 1.54) is 13.0 Å². The molecule has 1 atom stereocenters. The number of fused-ring (bicyclic) bond motifs is 1. The molecule has 1 aliphatic heterocycles. The van der Waals surface area contributed by atoms with Gasteiger partial charge in [-0.25, -0.2) is 0 Å². The van der Waals surface area contributed by atoms with Crippen LogP contribution in [0.15, 0.2) is 18.2 Å². The Kier molecular flexibility index (Phi) is 3.32. The molecule has 0 bridgehead atoms. The average molecular weight is 271 g/mol. The molecule has 0 saturated heterocycles. The number of hydrogen-bond donors (Lipinski definition) is 0. The summed E-state index contributed by atoms with van der Waals surface area (Å²) >= 11 is 0. The second-order valence-electron chi connectivity index (χ2n) is 5.18. The van der Waals surface area contributed by atoms with Gasteiger partial charge in [0.2, 0.25) is 0 Å². The topological polar surface area (TPSA) is 20.3 Å². The van der Waals surface area contributed by atoms with Crippen molar-refractivity contribution in [2.24, 2.45) is 0 Å². The minimum Gasteiger partial charge on any atom is -0.368 e. The molecular formula is C14H16F3NO. The number of anilines is 1. The number of alkyl halides is 3. The number of halogens is 3. The fourth-order valence-corrected chi connectivity index (χ4v) is 2.50. The Morgan fingerprint density at radius 3 is 2.47 bits per heavy atom. The van der Waals surface area contributed by atoms with Crippen molar-refractivity contribution in [1.82, 2.24) is 0 Å². The zero-order chi connectivity index (χ0) is 14.4. The summed E-state index contributed by atoms with van der Waals surface area (Å²) in [6, 6.07) is 3.82. The fraction of sp³-hybridized carbons (Fsp3) is 0.500. The van der Waals surface area contributed by atoms with E-state index < -0.39 is 17.7 Å². The molecule has 2 rings (SSSR count). The molecular weight excluding hydrogens is 255 g/mol. The van der Waals surface area contributed by atoms with Crippen molar-refractivity contribution in [1.29, 1.82) is 0 Å². The highest BCUT2D eigenvalue weighted by atomic mass is 19.4. The number of benzene rings is 1. The maximum Gasteiger partial charge on any atom is 0.416 e. The fourth-order valence-electron chi connectivity index (χ4n) is 2.50. The lowest BCUT2D eigenvalue weighted by Crippen LogP contribution is -2.30. The normalized spacial score (nSPS) is 18.9. The van der Waals surface area contributed by atoms with Gasteiger partial charge in [0.15, 0.2) is 0 Å². The van der Waals surface area contributed by atoms with Crippen molar-refractivity contribution < 1.29 is 18.0 Å². The van der Waals surface area contributed by atoms with Crippen LogP contribution in [0.4, 0.5) is 18.9 Å². The molecule has 0 spiro atoms. The van der Waals surface area contributed by atoms with Gasteiger partial charge in [-0.3, -0.25) is 4.79 Å². The molecule has 0 N–H and O–H groups in total. The third-order valence-electron chi connectivity index (χ3n) is 3.53. The first-order chi connectivity index (χ1) is 8.71. The number of hydrogen-bond acceptors (Lipinski definition) is 2. The number of ketones is 1. The van der Waals surface area contributed by atoms with Crippen LogP contribution in [0, 0.1) is 0 Å². The van der Waals surface area contributed by atoms with E-state index in [4.69, 9.17) is 0 Å². The van der Waals surface area contributed by atoms with E-state index in [2.05, 4.69) is 0 Å². The zero-order valence-electron chi connectivity index (χ0n) is 11.1. The standard InChI is InChI=1S/C14H16F3NO/c1-8(2)18-7-12(9(3)19)11-6-10(14(15,16)17)4-5-13(11)18/h4-6,8,12H,7H2,1-3H3. The number of carbonyl (C=O) groups excluding carboxylic acids is 1. The molecule has 1 aromatic rings. The Morgan fingerprint density at radius 2 is 2.00 bits per heavy atom. The Bertz CT molecular complexity index is 508. The van der Waals surface area contributed by atoms with Gasteiger partial charge in [-0.05, 0) is 44.5 Å². The molecule has 0 amide bonds. The summed E-state index contributed by atoms with van der Waals surface area (Å²) in [4.78, 5) is 13.6. The maximum atomic E-state index is 12.7. The van der Waals surface area contributed by atoms with Crippen LogP contribution in [-0.2, 0) is 11.0 Å². The van der Waals surface area contributed by atoms with Gasteiger partial charge in [0.1, 0.15) is 5.78 Å². The van der Waals surface area contributed by atoms with Gasteiger partial charge in [0, 0.05) is 18.3 Å². The van der Waals surface area contributed by atoms with Crippen molar-refractivity contribution >= 4 is 11.5 Å². The van der Waals surface area contributed by atoms with Gasteiger partial charge in [-0.15, -0.1) is 0 Å². The van der Waals surface area contributed by atoms with Gasteiger partial charge in [-0.2, -0.15) is 13.2 Å². The third kappa shape index (κ3) is 2.46. The van der Waals surface area contributed by atoms with Crippen LogP contribution in [-0.4, -0.2) is 18.4 Å². The summed E-state index contributed by atoms with van der Waals surface area (Å²) in [5, 5.41) is 0. The predicted octanol–water partition coefficient (Wildman–Crippen LogP) is 3.61. The largest absolute Gasteiger partial charge is 0.416 e. The minimum atomic E-state index is -4.37. The van der Waals surface area contributed by atoms with E-state index >= 15 is 0 Å². The van der Waals surface area contributed by atoms with Crippen LogP contribution in [0.1, 0.15) is 37.8 Å². The lowest BCUT2D eigenvalue weighted by atomic mass is 9.96. The van der Waals surface area contributed by atoms with Crippen molar-refractivity contribution in [3.05, 3.63) is 29.3 Å². The molecule has 0 aliphatic carbocycles. The monoisotopic (exact) mass is 271 g/mol. The smallest absolute Gasteiger partial charge is 0.368 e. The highest BCUT2D eigenvalue weighted by molar-refractivity contribution is 5.88. The highest BCUT2D eigenvalue weighted by Crippen LogP contribution is 2.41. The molecule has 0 radical (unpaired) electrons. The molecule has 1 aliphatic rings. The quantitative estimate of drug-likeness (QED) is 0.819. The lowest BCUT2D eigenvalue weighted by molar-refractivity contribution is -0.137. The van der Waals surface area contributed by atoms with Crippen LogP contribution in [0.5, 0.6) is 0 Å². The maximum absolute atomic E-state index is 12.7. The Labute approximate surface area is 110 Å². The first-order valence-corrected chi connectivity index (χ1v) is 6.20. The summed E-state index contributed by atoms with van der Waals surface area (Å²) in [5.74, 6) is -0.552. The Morgan fingerprint density at radius 1 is 1.37 bits per heavy atom. The van der Waals surface area contributed by atoms with E-state index in [-0.39, 0.29) is 11.8 Å². The molecule has 104 valence electrons. The summed E-state index contributed by atoms with van der Waals surface area (Å²) < 4.78 is 38.2. The first kappa shape index (κ1) is 13.9. The Balaban J connectivity index is 2.52. The molecule has 2 nitrogen and oxygen atoms in total. The van der Waals surface area contributed by atoms with E-state index in [9.17, 15) is 18.0 Å². The molecule has 1 aromatic carbocycles. The lowest BCUT2D eigenvalue weighted by Gasteiger charge is -2.24. The van der Waals surface area contributed by atoms with Gasteiger partial charge in [0.25, 0.3) is 0 Å². The average Bonchev–Trinajstić information content (AvgIpc) is 2.66. The van der Waals surface area contributed by atoms with Crippen molar-refractivity contribution in [3.8, 4) is 0 Å². The summed E-state index contributed by atoms with van der Waals surface area (Å²) in [6.45, 7) is 5.82. The van der Waals surface area contributed by atoms with Gasteiger partial charge >= 0.3 is 6.18 Å². The summed E-state index contributed by atoms with van der Waals surface area (Å²) in [5.41, 5.74) is 0.544. The van der Waals surface area contributed by atoms with Crippen LogP contribution >= 0.6 is 0 Å². The van der Waals surface area contributed by atoms with Gasteiger partial charge < -0.3 is 4.90 Å². The van der Waals surface area contributed by atoms with E-state index in [0.29, 0.717) is 12.1 Å². The molecule has 0 fully saturated rings. The van der Waals surface area contributed by atoms with Crippen LogP contribution in [0.25, 0.3) is 0 Å². The second-order valence-corrected chi connectivity index (χ2v) is 5.18. The zero-order valence-corrected chi connectivity index (χ0v) is 11.1. The predicted molar refractivity (Wildman–Crippen MR) is 67.3 cm³/mol. The molecule has 1 heterocycles. The molecule has 1 unspecified atom stereocenters. The SMILES string of the molecule is CC(=O)C1CN(C(C)C)c2ccc(C(F)(F)F)cc21. The van der Waals surface area contributed by atoms with Crippen molar-refractivity contribution in [3.63, 3.8) is 0 Å². The van der Waals surface area contributed by atoms with Crippen LogP contribution in [0.3, 0.4) is 0 Å². The minimum absolute atomic E-state index is 0.0938. The summed E-state index contributed by atoms with van der Waals surface area (Å²) in [6.07, 6.45) is -4.37. The Hall–Kier alpha value is -1.52. The molecule has 0 aromatic heterocycles. The number of rotatable bonds is 2. The molecule has 5 heteroatoms. The van der Waals surface area contributed by atoms with E-state index in [0.717, 1.165) is 17.8 Å². The highest BCUT2D eigenvalue weighted by Gasteiger charge is 2.37. The molecule has 19 heavy (non-hydrogen) atoms.